The van der Waals surface area contributed by atoms with E-state index in [9.17, 15) is 0 Å². The number of ether oxygens (including phenoxy) is 2. The van der Waals surface area contributed by atoms with Crippen molar-refractivity contribution >= 4 is 34.8 Å². The van der Waals surface area contributed by atoms with Crippen LogP contribution in [0.3, 0.4) is 0 Å². The summed E-state index contributed by atoms with van der Waals surface area (Å²) in [4.78, 5) is 2.35. The van der Waals surface area contributed by atoms with Gasteiger partial charge in [-0.1, -0.05) is 71.3 Å². The monoisotopic (exact) mass is 356 g/mol. The van der Waals surface area contributed by atoms with Crippen LogP contribution >= 0.6 is 22.7 Å². The molecule has 0 aliphatic rings. The summed E-state index contributed by atoms with van der Waals surface area (Å²) in [5, 5.41) is 1.86. The SMILES string of the molecule is COc1ccc(/C=C/C=C/C=C/C=C/C=C/c2ccc(OC)s2)s1. The molecule has 0 amide bonds. The highest BCUT2D eigenvalue weighted by molar-refractivity contribution is 7.15. The average Bonchev–Trinajstić information content (AvgIpc) is 3.25. The van der Waals surface area contributed by atoms with Crippen LogP contribution in [0, 0.1) is 0 Å². The summed E-state index contributed by atoms with van der Waals surface area (Å²) >= 11 is 3.25. The number of hydrogen-bond donors (Lipinski definition) is 0. The summed E-state index contributed by atoms with van der Waals surface area (Å²) < 4.78 is 10.3. The van der Waals surface area contributed by atoms with E-state index >= 15 is 0 Å². The van der Waals surface area contributed by atoms with Gasteiger partial charge in [-0.15, -0.1) is 0 Å². The number of thiophene rings is 2. The van der Waals surface area contributed by atoms with Crippen molar-refractivity contribution in [2.24, 2.45) is 0 Å². The molecule has 0 radical (unpaired) electrons. The topological polar surface area (TPSA) is 18.5 Å². The highest BCUT2D eigenvalue weighted by atomic mass is 32.1. The summed E-state index contributed by atoms with van der Waals surface area (Å²) in [5.41, 5.74) is 0. The van der Waals surface area contributed by atoms with Crippen molar-refractivity contribution in [1.29, 1.82) is 0 Å². The summed E-state index contributed by atoms with van der Waals surface area (Å²) in [6.45, 7) is 0. The minimum atomic E-state index is 0.928. The third-order valence-electron chi connectivity index (χ3n) is 2.91. The second-order valence-electron chi connectivity index (χ2n) is 4.59. The quantitative estimate of drug-likeness (QED) is 0.523. The molecule has 0 spiro atoms. The van der Waals surface area contributed by atoms with Crippen LogP contribution in [0.1, 0.15) is 9.75 Å². The predicted octanol–water partition coefficient (Wildman–Crippen LogP) is 6.22. The van der Waals surface area contributed by atoms with Crippen molar-refractivity contribution in [2.45, 2.75) is 0 Å². The molecule has 0 aliphatic heterocycles. The fourth-order valence-electron chi connectivity index (χ4n) is 1.75. The molecule has 2 rings (SSSR count). The van der Waals surface area contributed by atoms with Crippen molar-refractivity contribution < 1.29 is 9.47 Å². The second kappa shape index (κ2) is 10.5. The summed E-state index contributed by atoms with van der Waals surface area (Å²) in [7, 11) is 3.37. The van der Waals surface area contributed by atoms with Crippen LogP contribution in [0.15, 0.2) is 72.9 Å². The molecule has 2 nitrogen and oxygen atoms in total. The van der Waals surface area contributed by atoms with E-state index in [4.69, 9.17) is 9.47 Å². The van der Waals surface area contributed by atoms with Gasteiger partial charge in [0.05, 0.1) is 14.2 Å². The first-order chi connectivity index (χ1) is 11.8. The molecule has 4 heteroatoms. The molecular weight excluding hydrogens is 336 g/mol. The molecule has 2 heterocycles. The first kappa shape index (κ1) is 18.0. The Hall–Kier alpha value is -2.30. The van der Waals surface area contributed by atoms with Crippen molar-refractivity contribution in [3.63, 3.8) is 0 Å². The predicted molar refractivity (Wildman–Crippen MR) is 107 cm³/mol. The first-order valence-corrected chi connectivity index (χ1v) is 9.07. The molecule has 0 fully saturated rings. The molecule has 0 aromatic carbocycles. The zero-order valence-corrected chi connectivity index (χ0v) is 15.3. The zero-order valence-electron chi connectivity index (χ0n) is 13.7. The van der Waals surface area contributed by atoms with E-state index in [1.165, 1.54) is 9.75 Å². The molecule has 0 saturated carbocycles. The molecule has 0 aliphatic carbocycles. The van der Waals surface area contributed by atoms with Crippen LogP contribution in [0.4, 0.5) is 0 Å². The molecule has 0 atom stereocenters. The molecule has 24 heavy (non-hydrogen) atoms. The van der Waals surface area contributed by atoms with Crippen LogP contribution < -0.4 is 9.47 Å². The largest absolute Gasteiger partial charge is 0.487 e. The summed E-state index contributed by atoms with van der Waals surface area (Å²) in [6.07, 6.45) is 20.2. The lowest BCUT2D eigenvalue weighted by atomic mass is 10.3. The normalized spacial score (nSPS) is 12.6. The molecule has 124 valence electrons. The molecule has 0 saturated heterocycles. The van der Waals surface area contributed by atoms with Crippen LogP contribution in [0.5, 0.6) is 10.1 Å². The van der Waals surface area contributed by atoms with E-state index in [1.807, 2.05) is 72.9 Å². The minimum absolute atomic E-state index is 0.928. The summed E-state index contributed by atoms with van der Waals surface area (Å²) in [5.74, 6) is 0. The van der Waals surface area contributed by atoms with Gasteiger partial charge in [-0.2, -0.15) is 0 Å². The van der Waals surface area contributed by atoms with Crippen molar-refractivity contribution in [2.75, 3.05) is 14.2 Å². The van der Waals surface area contributed by atoms with Crippen LogP contribution in [-0.2, 0) is 0 Å². The number of hydrogen-bond acceptors (Lipinski definition) is 4. The smallest absolute Gasteiger partial charge is 0.173 e. The standard InChI is InChI=1S/C20H20O2S2/c1-21-19-15-13-17(23-19)11-9-7-5-3-4-6-8-10-12-18-14-16-20(22-2)24-18/h3-16H,1-2H3/b4-3+,7-5+,8-6+,11-9+,12-10+. The van der Waals surface area contributed by atoms with E-state index in [0.29, 0.717) is 0 Å². The minimum Gasteiger partial charge on any atom is -0.487 e. The van der Waals surface area contributed by atoms with E-state index in [0.717, 1.165) is 10.1 Å². The number of methoxy groups -OCH3 is 2. The van der Waals surface area contributed by atoms with Crippen molar-refractivity contribution in [3.8, 4) is 10.1 Å². The fraction of sp³-hybridized carbons (Fsp3) is 0.100. The summed E-state index contributed by atoms with van der Waals surface area (Å²) in [6, 6.07) is 8.03. The van der Waals surface area contributed by atoms with Crippen molar-refractivity contribution in [1.82, 2.24) is 0 Å². The van der Waals surface area contributed by atoms with Gasteiger partial charge in [0.2, 0.25) is 0 Å². The van der Waals surface area contributed by atoms with Crippen LogP contribution in [-0.4, -0.2) is 14.2 Å². The van der Waals surface area contributed by atoms with Gasteiger partial charge in [0.1, 0.15) is 0 Å². The maximum Gasteiger partial charge on any atom is 0.173 e. The maximum absolute atomic E-state index is 5.16. The van der Waals surface area contributed by atoms with E-state index in [2.05, 4.69) is 12.2 Å². The molecule has 2 aromatic heterocycles. The van der Waals surface area contributed by atoms with Gasteiger partial charge in [0.25, 0.3) is 0 Å². The van der Waals surface area contributed by atoms with Crippen LogP contribution in [0.2, 0.25) is 0 Å². The molecular formula is C20H20O2S2. The third-order valence-corrected chi connectivity index (χ3v) is 4.93. The Morgan fingerprint density at radius 2 is 0.958 bits per heavy atom. The Labute approximate surface area is 151 Å². The van der Waals surface area contributed by atoms with Gasteiger partial charge >= 0.3 is 0 Å². The van der Waals surface area contributed by atoms with Crippen molar-refractivity contribution in [3.05, 3.63) is 82.6 Å². The average molecular weight is 357 g/mol. The highest BCUT2D eigenvalue weighted by Gasteiger charge is 1.94. The molecule has 0 N–H and O–H groups in total. The molecule has 0 unspecified atom stereocenters. The molecule has 2 aromatic rings. The number of allylic oxidation sites excluding steroid dienone is 8. The third kappa shape index (κ3) is 6.44. The van der Waals surface area contributed by atoms with Gasteiger partial charge in [-0.3, -0.25) is 0 Å². The Morgan fingerprint density at radius 1 is 0.583 bits per heavy atom. The van der Waals surface area contributed by atoms with E-state index < -0.39 is 0 Å². The maximum atomic E-state index is 5.16. The van der Waals surface area contributed by atoms with Gasteiger partial charge < -0.3 is 9.47 Å². The second-order valence-corrected chi connectivity index (χ2v) is 6.75. The Morgan fingerprint density at radius 3 is 1.29 bits per heavy atom. The number of rotatable bonds is 8. The van der Waals surface area contributed by atoms with Gasteiger partial charge in [-0.25, -0.2) is 0 Å². The molecule has 0 bridgehead atoms. The Balaban J connectivity index is 1.71. The Bertz CT molecular complexity index is 694. The van der Waals surface area contributed by atoms with Gasteiger partial charge in [0, 0.05) is 9.75 Å². The lowest BCUT2D eigenvalue weighted by Gasteiger charge is -1.88. The van der Waals surface area contributed by atoms with E-state index in [-0.39, 0.29) is 0 Å². The zero-order chi connectivity index (χ0) is 17.0. The highest BCUT2D eigenvalue weighted by Crippen LogP contribution is 2.25. The lowest BCUT2D eigenvalue weighted by molar-refractivity contribution is 0.427. The fourth-order valence-corrected chi connectivity index (χ4v) is 3.22. The first-order valence-electron chi connectivity index (χ1n) is 7.44. The van der Waals surface area contributed by atoms with E-state index in [1.54, 1.807) is 36.9 Å². The van der Waals surface area contributed by atoms with Crippen LogP contribution in [0.25, 0.3) is 12.2 Å². The van der Waals surface area contributed by atoms with Gasteiger partial charge in [-0.05, 0) is 36.4 Å². The Kier molecular flexibility index (Phi) is 7.87. The van der Waals surface area contributed by atoms with Gasteiger partial charge in [0.15, 0.2) is 10.1 Å². The lowest BCUT2D eigenvalue weighted by Crippen LogP contribution is -1.73.